The molecule has 0 saturated carbocycles. The van der Waals surface area contributed by atoms with Gasteiger partial charge in [-0.2, -0.15) is 0 Å². The Kier molecular flexibility index (Phi) is 4.95. The average molecular weight is 228 g/mol. The van der Waals surface area contributed by atoms with Gasteiger partial charge >= 0.3 is 5.97 Å². The molecule has 0 bridgehead atoms. The van der Waals surface area contributed by atoms with E-state index in [2.05, 4.69) is 59.8 Å². The molecule has 88 valence electrons. The van der Waals surface area contributed by atoms with Crippen molar-refractivity contribution in [2.75, 3.05) is 7.11 Å². The molecule has 0 N–H and O–H groups in total. The van der Waals surface area contributed by atoms with Gasteiger partial charge < -0.3 is 4.74 Å². The van der Waals surface area contributed by atoms with Crippen LogP contribution in [0.4, 0.5) is 0 Å². The minimum atomic E-state index is -0.347. The fourth-order valence-electron chi connectivity index (χ4n) is 1.31. The summed E-state index contributed by atoms with van der Waals surface area (Å²) in [5.41, 5.74) is 0.433. The molecule has 0 aromatic heterocycles. The minimum Gasteiger partial charge on any atom is -0.466 e. The Balaban J connectivity index is 0.000000185. The Hall–Kier alpha value is -2.09. The molecule has 0 aliphatic rings. The summed E-state index contributed by atoms with van der Waals surface area (Å²) >= 11 is 0. The van der Waals surface area contributed by atoms with Gasteiger partial charge in [-0.1, -0.05) is 55.1 Å². The molecule has 17 heavy (non-hydrogen) atoms. The number of ether oxygens (including phenoxy) is 1. The molecule has 0 atom stereocenters. The Labute approximate surface area is 102 Å². The Morgan fingerprint density at radius 2 is 1.35 bits per heavy atom. The summed E-state index contributed by atoms with van der Waals surface area (Å²) in [4.78, 5) is 10.2. The predicted molar refractivity (Wildman–Crippen MR) is 70.8 cm³/mol. The average Bonchev–Trinajstić information content (AvgIpc) is 2.38. The standard InChI is InChI=1S/C10H8.C5H8O2/c1-2-6-10-8-4-3-7-9(10)5-1;1-4(2)5(6)7-3/h1-8H;1H2,2-3H3. The van der Waals surface area contributed by atoms with Crippen molar-refractivity contribution >= 4 is 16.7 Å². The lowest BCUT2D eigenvalue weighted by Crippen LogP contribution is -1.98. The lowest BCUT2D eigenvalue weighted by atomic mass is 10.1. The maximum Gasteiger partial charge on any atom is 0.332 e. The monoisotopic (exact) mass is 228 g/mol. The summed E-state index contributed by atoms with van der Waals surface area (Å²) in [7, 11) is 1.33. The van der Waals surface area contributed by atoms with Gasteiger partial charge in [0.1, 0.15) is 0 Å². The zero-order valence-electron chi connectivity index (χ0n) is 10.1. The van der Waals surface area contributed by atoms with E-state index in [1.54, 1.807) is 6.92 Å². The summed E-state index contributed by atoms with van der Waals surface area (Å²) in [5.74, 6) is -0.347. The van der Waals surface area contributed by atoms with Crippen LogP contribution >= 0.6 is 0 Å². The Morgan fingerprint density at radius 1 is 1.00 bits per heavy atom. The molecule has 0 heterocycles. The van der Waals surface area contributed by atoms with Crippen LogP contribution < -0.4 is 0 Å². The van der Waals surface area contributed by atoms with Crippen molar-refractivity contribution in [2.45, 2.75) is 6.92 Å². The van der Waals surface area contributed by atoms with E-state index in [0.717, 1.165) is 0 Å². The van der Waals surface area contributed by atoms with E-state index in [4.69, 9.17) is 0 Å². The second-order valence-corrected chi connectivity index (χ2v) is 3.62. The molecule has 2 nitrogen and oxygen atoms in total. The van der Waals surface area contributed by atoms with Crippen LogP contribution in [0.3, 0.4) is 0 Å². The van der Waals surface area contributed by atoms with Gasteiger partial charge in [0.2, 0.25) is 0 Å². The van der Waals surface area contributed by atoms with Crippen LogP contribution in [0.2, 0.25) is 0 Å². The van der Waals surface area contributed by atoms with E-state index >= 15 is 0 Å². The third-order valence-electron chi connectivity index (χ3n) is 2.19. The van der Waals surface area contributed by atoms with E-state index in [1.807, 2.05) is 0 Å². The Bertz CT molecular complexity index is 450. The molecule has 0 amide bonds. The molecule has 0 aliphatic heterocycles. The van der Waals surface area contributed by atoms with Crippen LogP contribution in [-0.2, 0) is 9.53 Å². The van der Waals surface area contributed by atoms with Crippen LogP contribution in [0.1, 0.15) is 6.92 Å². The minimum absolute atomic E-state index is 0.347. The number of rotatable bonds is 1. The van der Waals surface area contributed by atoms with E-state index in [9.17, 15) is 4.79 Å². The molecule has 0 unspecified atom stereocenters. The van der Waals surface area contributed by atoms with Crippen LogP contribution in [0.25, 0.3) is 10.8 Å². The van der Waals surface area contributed by atoms with Crippen molar-refractivity contribution in [3.05, 3.63) is 60.7 Å². The molecular formula is C15H16O2. The lowest BCUT2D eigenvalue weighted by molar-refractivity contribution is -0.136. The van der Waals surface area contributed by atoms with Crippen molar-refractivity contribution in [1.82, 2.24) is 0 Å². The normalized spacial score (nSPS) is 9.06. The van der Waals surface area contributed by atoms with Gasteiger partial charge in [0.05, 0.1) is 7.11 Å². The maximum absolute atomic E-state index is 10.2. The third-order valence-corrected chi connectivity index (χ3v) is 2.19. The van der Waals surface area contributed by atoms with Crippen LogP contribution in [0, 0.1) is 0 Å². The van der Waals surface area contributed by atoms with Gasteiger partial charge in [-0.25, -0.2) is 4.79 Å². The molecule has 2 aromatic rings. The second-order valence-electron chi connectivity index (χ2n) is 3.62. The van der Waals surface area contributed by atoms with Gasteiger partial charge in [0, 0.05) is 5.57 Å². The Morgan fingerprint density at radius 3 is 1.53 bits per heavy atom. The topological polar surface area (TPSA) is 26.3 Å². The number of carbonyl (C=O) groups excluding carboxylic acids is 1. The van der Waals surface area contributed by atoms with Gasteiger partial charge in [-0.15, -0.1) is 0 Å². The molecule has 0 radical (unpaired) electrons. The fourth-order valence-corrected chi connectivity index (χ4v) is 1.31. The number of esters is 1. The molecule has 0 aliphatic carbocycles. The third kappa shape index (κ3) is 4.11. The molecule has 0 spiro atoms. The van der Waals surface area contributed by atoms with E-state index in [-0.39, 0.29) is 5.97 Å². The van der Waals surface area contributed by atoms with E-state index in [1.165, 1.54) is 17.9 Å². The molecule has 0 fully saturated rings. The van der Waals surface area contributed by atoms with E-state index in [0.29, 0.717) is 5.57 Å². The first-order valence-electron chi connectivity index (χ1n) is 5.32. The van der Waals surface area contributed by atoms with Crippen molar-refractivity contribution in [3.8, 4) is 0 Å². The molecular weight excluding hydrogens is 212 g/mol. The smallest absolute Gasteiger partial charge is 0.332 e. The first-order valence-corrected chi connectivity index (χ1v) is 5.32. The summed E-state index contributed by atoms with van der Waals surface area (Å²) in [6.07, 6.45) is 0. The highest BCUT2D eigenvalue weighted by Gasteiger charge is 1.95. The van der Waals surface area contributed by atoms with Crippen molar-refractivity contribution < 1.29 is 9.53 Å². The fraction of sp³-hybridized carbons (Fsp3) is 0.133. The van der Waals surface area contributed by atoms with Crippen molar-refractivity contribution in [3.63, 3.8) is 0 Å². The summed E-state index contributed by atoms with van der Waals surface area (Å²) in [6, 6.07) is 16.7. The zero-order valence-corrected chi connectivity index (χ0v) is 10.1. The molecule has 2 heteroatoms. The lowest BCUT2D eigenvalue weighted by Gasteiger charge is -1.92. The second kappa shape index (κ2) is 6.48. The number of hydrogen-bond donors (Lipinski definition) is 0. The molecule has 2 rings (SSSR count). The van der Waals surface area contributed by atoms with Gasteiger partial charge in [0.25, 0.3) is 0 Å². The first-order chi connectivity index (χ1) is 8.15. The first kappa shape index (κ1) is 13.0. The summed E-state index contributed by atoms with van der Waals surface area (Å²) in [5, 5.41) is 2.62. The SMILES string of the molecule is C=C(C)C(=O)OC.c1ccc2ccccc2c1. The van der Waals surface area contributed by atoms with Gasteiger partial charge in [-0.05, 0) is 17.7 Å². The van der Waals surface area contributed by atoms with Crippen LogP contribution in [0.5, 0.6) is 0 Å². The quantitative estimate of drug-likeness (QED) is 0.551. The zero-order chi connectivity index (χ0) is 12.7. The maximum atomic E-state index is 10.2. The number of methoxy groups -OCH3 is 1. The van der Waals surface area contributed by atoms with Crippen LogP contribution in [-0.4, -0.2) is 13.1 Å². The number of fused-ring (bicyclic) bond motifs is 1. The summed E-state index contributed by atoms with van der Waals surface area (Å²) in [6.45, 7) is 4.95. The van der Waals surface area contributed by atoms with Gasteiger partial charge in [-0.3, -0.25) is 0 Å². The van der Waals surface area contributed by atoms with Crippen LogP contribution in [0.15, 0.2) is 60.7 Å². The van der Waals surface area contributed by atoms with Crippen molar-refractivity contribution in [2.24, 2.45) is 0 Å². The number of benzene rings is 2. The highest BCUT2D eigenvalue weighted by Crippen LogP contribution is 2.11. The van der Waals surface area contributed by atoms with E-state index < -0.39 is 0 Å². The molecule has 0 saturated heterocycles. The van der Waals surface area contributed by atoms with Gasteiger partial charge in [0.15, 0.2) is 0 Å². The van der Waals surface area contributed by atoms with Crippen molar-refractivity contribution in [1.29, 1.82) is 0 Å². The number of carbonyl (C=O) groups is 1. The summed E-state index contributed by atoms with van der Waals surface area (Å²) < 4.78 is 4.27. The highest BCUT2D eigenvalue weighted by molar-refractivity contribution is 5.86. The number of hydrogen-bond acceptors (Lipinski definition) is 2. The molecule has 2 aromatic carbocycles. The predicted octanol–water partition coefficient (Wildman–Crippen LogP) is 3.58. The largest absolute Gasteiger partial charge is 0.466 e. The highest BCUT2D eigenvalue weighted by atomic mass is 16.5.